The van der Waals surface area contributed by atoms with Crippen molar-refractivity contribution in [3.05, 3.63) is 64.0 Å². The summed E-state index contributed by atoms with van der Waals surface area (Å²) in [5, 5.41) is 2.91. The molecule has 1 N–H and O–H groups in total. The van der Waals surface area contributed by atoms with E-state index < -0.39 is 0 Å². The standard InChI is InChI=1S/C19H21N5O3/c1-13-9-17-21-10-16(19(26)24(17)22-13)18(25)23-8-4-6-15(11-23)27-12-14-5-2-3-7-20-14/h2-3,5,7,9-10,15,22H,4,6,8,11-12H2,1H3/t15-/m1/s1. The molecule has 4 heterocycles. The number of nitrogens with one attached hydrogen (secondary N) is 1. The third-order valence-corrected chi connectivity index (χ3v) is 4.71. The molecule has 1 fully saturated rings. The van der Waals surface area contributed by atoms with Crippen LogP contribution in [0.2, 0.25) is 0 Å². The molecule has 0 aromatic carbocycles. The molecule has 0 spiro atoms. The van der Waals surface area contributed by atoms with Gasteiger partial charge in [-0.25, -0.2) is 9.50 Å². The first-order chi connectivity index (χ1) is 13.1. The number of amides is 1. The van der Waals surface area contributed by atoms with Crippen LogP contribution in [0, 0.1) is 6.92 Å². The van der Waals surface area contributed by atoms with Gasteiger partial charge in [-0.05, 0) is 31.9 Å². The molecule has 0 radical (unpaired) electrons. The maximum absolute atomic E-state index is 12.9. The average Bonchev–Trinajstić information content (AvgIpc) is 3.09. The van der Waals surface area contributed by atoms with Gasteiger partial charge in [0, 0.05) is 37.2 Å². The topological polar surface area (TPSA) is 92.6 Å². The van der Waals surface area contributed by atoms with E-state index in [0.717, 1.165) is 24.2 Å². The molecule has 0 aliphatic carbocycles. The second-order valence-electron chi connectivity index (χ2n) is 6.76. The number of pyridine rings is 1. The van der Waals surface area contributed by atoms with E-state index in [9.17, 15) is 9.59 Å². The molecule has 1 aliphatic rings. The highest BCUT2D eigenvalue weighted by Crippen LogP contribution is 2.16. The summed E-state index contributed by atoms with van der Waals surface area (Å²) in [4.78, 5) is 35.6. The highest BCUT2D eigenvalue weighted by atomic mass is 16.5. The summed E-state index contributed by atoms with van der Waals surface area (Å²) in [6, 6.07) is 7.45. The lowest BCUT2D eigenvalue weighted by Gasteiger charge is -2.32. The number of H-pyrrole nitrogens is 1. The molecule has 0 saturated carbocycles. The van der Waals surface area contributed by atoms with Gasteiger partial charge in [0.25, 0.3) is 11.5 Å². The monoisotopic (exact) mass is 367 g/mol. The Balaban J connectivity index is 1.47. The van der Waals surface area contributed by atoms with Gasteiger partial charge in [0.2, 0.25) is 0 Å². The van der Waals surface area contributed by atoms with E-state index in [4.69, 9.17) is 4.74 Å². The number of piperidine rings is 1. The third kappa shape index (κ3) is 3.61. The zero-order valence-electron chi connectivity index (χ0n) is 15.1. The second kappa shape index (κ2) is 7.32. The number of nitrogens with zero attached hydrogens (tertiary/aromatic N) is 4. The number of hydrogen-bond acceptors (Lipinski definition) is 5. The lowest BCUT2D eigenvalue weighted by molar-refractivity contribution is -0.00792. The van der Waals surface area contributed by atoms with E-state index in [-0.39, 0.29) is 23.1 Å². The van der Waals surface area contributed by atoms with Gasteiger partial charge in [0.15, 0.2) is 5.65 Å². The molecule has 1 atom stereocenters. The molecule has 1 saturated heterocycles. The van der Waals surface area contributed by atoms with Gasteiger partial charge >= 0.3 is 0 Å². The van der Waals surface area contributed by atoms with Gasteiger partial charge in [0.1, 0.15) is 5.56 Å². The number of aryl methyl sites for hydroxylation is 1. The van der Waals surface area contributed by atoms with Crippen molar-refractivity contribution in [3.63, 3.8) is 0 Å². The van der Waals surface area contributed by atoms with Gasteiger partial charge in [-0.3, -0.25) is 19.7 Å². The van der Waals surface area contributed by atoms with Crippen LogP contribution in [0.5, 0.6) is 0 Å². The average molecular weight is 367 g/mol. The molecule has 4 rings (SSSR count). The first-order valence-electron chi connectivity index (χ1n) is 9.00. The van der Waals surface area contributed by atoms with Gasteiger partial charge in [-0.2, -0.15) is 0 Å². The summed E-state index contributed by atoms with van der Waals surface area (Å²) >= 11 is 0. The zero-order valence-corrected chi connectivity index (χ0v) is 15.1. The predicted molar refractivity (Wildman–Crippen MR) is 98.5 cm³/mol. The van der Waals surface area contributed by atoms with E-state index >= 15 is 0 Å². The molecule has 140 valence electrons. The summed E-state index contributed by atoms with van der Waals surface area (Å²) in [6.45, 7) is 3.31. The van der Waals surface area contributed by atoms with Crippen molar-refractivity contribution >= 4 is 11.6 Å². The van der Waals surface area contributed by atoms with Gasteiger partial charge < -0.3 is 9.64 Å². The van der Waals surface area contributed by atoms with Crippen LogP contribution in [0.1, 0.15) is 34.6 Å². The molecular weight excluding hydrogens is 346 g/mol. The normalized spacial score (nSPS) is 17.4. The molecular formula is C19H21N5O3. The zero-order chi connectivity index (χ0) is 18.8. The van der Waals surface area contributed by atoms with E-state index in [2.05, 4.69) is 15.1 Å². The fraction of sp³-hybridized carbons (Fsp3) is 0.368. The number of likely N-dealkylation sites (tertiary alicyclic amines) is 1. The van der Waals surface area contributed by atoms with Crippen molar-refractivity contribution in [3.8, 4) is 0 Å². The molecule has 1 amide bonds. The summed E-state index contributed by atoms with van der Waals surface area (Å²) in [7, 11) is 0. The largest absolute Gasteiger partial charge is 0.370 e. The molecule has 8 heteroatoms. The van der Waals surface area contributed by atoms with Crippen LogP contribution in [0.3, 0.4) is 0 Å². The van der Waals surface area contributed by atoms with Crippen molar-refractivity contribution in [1.82, 2.24) is 24.5 Å². The molecule has 1 aliphatic heterocycles. The Morgan fingerprint density at radius 3 is 3.07 bits per heavy atom. The summed E-state index contributed by atoms with van der Waals surface area (Å²) in [6.07, 6.45) is 4.73. The van der Waals surface area contributed by atoms with Crippen molar-refractivity contribution in [2.24, 2.45) is 0 Å². The van der Waals surface area contributed by atoms with Crippen molar-refractivity contribution in [2.45, 2.75) is 32.5 Å². The lowest BCUT2D eigenvalue weighted by Crippen LogP contribution is -2.45. The van der Waals surface area contributed by atoms with Crippen molar-refractivity contribution in [1.29, 1.82) is 0 Å². The number of carbonyl (C=O) groups is 1. The quantitative estimate of drug-likeness (QED) is 0.755. The lowest BCUT2D eigenvalue weighted by atomic mass is 10.1. The van der Waals surface area contributed by atoms with Crippen LogP contribution in [0.4, 0.5) is 0 Å². The Labute approximate surface area is 155 Å². The molecule has 0 bridgehead atoms. The maximum atomic E-state index is 12.9. The summed E-state index contributed by atoms with van der Waals surface area (Å²) < 4.78 is 7.23. The number of hydrogen-bond donors (Lipinski definition) is 1. The molecule has 0 unspecified atom stereocenters. The smallest absolute Gasteiger partial charge is 0.285 e. The Kier molecular flexibility index (Phi) is 4.72. The fourth-order valence-corrected chi connectivity index (χ4v) is 3.34. The minimum Gasteiger partial charge on any atom is -0.370 e. The summed E-state index contributed by atoms with van der Waals surface area (Å²) in [5.74, 6) is -0.305. The van der Waals surface area contributed by atoms with Crippen LogP contribution in [-0.4, -0.2) is 49.6 Å². The van der Waals surface area contributed by atoms with Crippen LogP contribution in [-0.2, 0) is 11.3 Å². The van der Waals surface area contributed by atoms with Gasteiger partial charge in [0.05, 0.1) is 18.4 Å². The van der Waals surface area contributed by atoms with E-state index in [0.29, 0.717) is 25.3 Å². The number of aromatic nitrogens is 4. The van der Waals surface area contributed by atoms with Crippen LogP contribution >= 0.6 is 0 Å². The van der Waals surface area contributed by atoms with Gasteiger partial charge in [-0.1, -0.05) is 6.07 Å². The SMILES string of the molecule is Cc1cc2ncc(C(=O)N3CCC[C@@H](OCc4ccccn4)C3)c(=O)n2[nH]1. The van der Waals surface area contributed by atoms with Crippen LogP contribution < -0.4 is 5.56 Å². The summed E-state index contributed by atoms with van der Waals surface area (Å²) in [5.41, 5.74) is 1.86. The van der Waals surface area contributed by atoms with Gasteiger partial charge in [-0.15, -0.1) is 0 Å². The first-order valence-corrected chi connectivity index (χ1v) is 9.00. The predicted octanol–water partition coefficient (Wildman–Crippen LogP) is 1.55. The molecule has 3 aromatic heterocycles. The Bertz CT molecular complexity index is 1010. The minimum atomic E-state index is -0.380. The highest BCUT2D eigenvalue weighted by molar-refractivity contribution is 5.93. The Hall–Kier alpha value is -3.00. The molecule has 27 heavy (non-hydrogen) atoms. The number of ether oxygens (including phenoxy) is 1. The Morgan fingerprint density at radius 1 is 1.37 bits per heavy atom. The van der Waals surface area contributed by atoms with Crippen molar-refractivity contribution < 1.29 is 9.53 Å². The fourth-order valence-electron chi connectivity index (χ4n) is 3.34. The number of rotatable bonds is 4. The van der Waals surface area contributed by atoms with E-state index in [1.165, 1.54) is 10.7 Å². The number of aromatic amines is 1. The minimum absolute atomic E-state index is 0.0692. The second-order valence-corrected chi connectivity index (χ2v) is 6.76. The maximum Gasteiger partial charge on any atom is 0.285 e. The molecule has 8 nitrogen and oxygen atoms in total. The number of fused-ring (bicyclic) bond motifs is 1. The number of carbonyl (C=O) groups excluding carboxylic acids is 1. The Morgan fingerprint density at radius 2 is 2.26 bits per heavy atom. The highest BCUT2D eigenvalue weighted by Gasteiger charge is 2.27. The van der Waals surface area contributed by atoms with Crippen molar-refractivity contribution in [2.75, 3.05) is 13.1 Å². The van der Waals surface area contributed by atoms with E-state index in [1.54, 1.807) is 17.2 Å². The molecule has 3 aromatic rings. The first kappa shape index (κ1) is 17.4. The van der Waals surface area contributed by atoms with Crippen LogP contribution in [0.15, 0.2) is 41.5 Å². The third-order valence-electron chi connectivity index (χ3n) is 4.71. The van der Waals surface area contributed by atoms with Crippen LogP contribution in [0.25, 0.3) is 5.65 Å². The van der Waals surface area contributed by atoms with E-state index in [1.807, 2.05) is 25.1 Å².